The number of rotatable bonds is 8. The minimum absolute atomic E-state index is 0.0480. The van der Waals surface area contributed by atoms with Gasteiger partial charge in [-0.2, -0.15) is 0 Å². The van der Waals surface area contributed by atoms with Gasteiger partial charge in [0.1, 0.15) is 17.6 Å². The average molecular weight is 404 g/mol. The minimum Gasteiger partial charge on any atom is -0.508 e. The van der Waals surface area contributed by atoms with Gasteiger partial charge in [-0.1, -0.05) is 31.5 Å². The molecule has 0 bridgehead atoms. The predicted molar refractivity (Wildman–Crippen MR) is 115 cm³/mol. The summed E-state index contributed by atoms with van der Waals surface area (Å²) in [6, 6.07) is 12.4. The van der Waals surface area contributed by atoms with Crippen molar-refractivity contribution in [2.75, 3.05) is 20.5 Å². The molecule has 0 aliphatic carbocycles. The van der Waals surface area contributed by atoms with Crippen LogP contribution in [0.3, 0.4) is 0 Å². The lowest BCUT2D eigenvalue weighted by Crippen LogP contribution is -2.10. The fourth-order valence-corrected chi connectivity index (χ4v) is 3.15. The number of phenols is 1. The normalized spacial score (nSPS) is 11.2. The molecule has 152 valence electrons. The molecule has 1 unspecified atom stereocenters. The van der Waals surface area contributed by atoms with Crippen LogP contribution in [0.5, 0.6) is 11.5 Å². The summed E-state index contributed by atoms with van der Waals surface area (Å²) in [5.74, 6) is 0.996. The second-order valence-corrected chi connectivity index (χ2v) is 6.96. The molecule has 0 amide bonds. The van der Waals surface area contributed by atoms with Crippen LogP contribution < -0.4 is 4.74 Å². The molecule has 0 saturated carbocycles. The third-order valence-electron chi connectivity index (χ3n) is 4.03. The van der Waals surface area contributed by atoms with Crippen molar-refractivity contribution in [2.24, 2.45) is 0 Å². The summed E-state index contributed by atoms with van der Waals surface area (Å²) in [4.78, 5) is 12.2. The fourth-order valence-electron chi connectivity index (χ4n) is 2.60. The van der Waals surface area contributed by atoms with Gasteiger partial charge in [0.2, 0.25) is 0 Å². The van der Waals surface area contributed by atoms with Crippen molar-refractivity contribution in [1.29, 1.82) is 5.41 Å². The van der Waals surface area contributed by atoms with Gasteiger partial charge in [-0.15, -0.1) is 11.8 Å². The molecule has 0 aromatic heterocycles. The molecule has 0 aliphatic heterocycles. The van der Waals surface area contributed by atoms with E-state index in [1.165, 1.54) is 26.2 Å². The first-order chi connectivity index (χ1) is 13.4. The number of carbonyl (C=O) groups excluding carboxylic acids is 1. The first-order valence-electron chi connectivity index (χ1n) is 8.99. The quantitative estimate of drug-likeness (QED) is 0.465. The van der Waals surface area contributed by atoms with Crippen LogP contribution in [0.2, 0.25) is 0 Å². The Morgan fingerprint density at radius 2 is 1.82 bits per heavy atom. The summed E-state index contributed by atoms with van der Waals surface area (Å²) in [6.45, 7) is 3.56. The summed E-state index contributed by atoms with van der Waals surface area (Å²) < 4.78 is 10.3. The van der Waals surface area contributed by atoms with Crippen LogP contribution in [0.4, 0.5) is 0 Å². The zero-order valence-corrected chi connectivity index (χ0v) is 17.9. The molecule has 0 fully saturated rings. The van der Waals surface area contributed by atoms with Crippen molar-refractivity contribution in [2.45, 2.75) is 37.7 Å². The van der Waals surface area contributed by atoms with E-state index in [9.17, 15) is 4.79 Å². The maximum Gasteiger partial charge on any atom is 0.163 e. The van der Waals surface area contributed by atoms with Crippen LogP contribution in [0.25, 0.3) is 0 Å². The number of thioether (sulfide) groups is 1. The van der Waals surface area contributed by atoms with Gasteiger partial charge in [0.25, 0.3) is 0 Å². The number of ether oxygens (including phenoxy) is 2. The Hall–Kier alpha value is -2.31. The highest BCUT2D eigenvalue weighted by Crippen LogP contribution is 2.28. The van der Waals surface area contributed by atoms with E-state index in [2.05, 4.69) is 6.92 Å². The summed E-state index contributed by atoms with van der Waals surface area (Å²) >= 11 is 1.66. The summed E-state index contributed by atoms with van der Waals surface area (Å²) in [6.07, 6.45) is 3.32. The standard InChI is InChI=1S/C12H17NOS.C10H12O3/c1-4-5-10(13)9-6-7-12(15-3)11(8-9)14-2;1-7(11)10(13-2)8-3-5-9(12)6-4-8/h6-8,13H,4-5H2,1-3H3;3-6,10,12H,1-2H3. The highest BCUT2D eigenvalue weighted by atomic mass is 32.2. The fraction of sp³-hybridized carbons (Fsp3) is 0.364. The number of nitrogens with one attached hydrogen (secondary N) is 1. The number of Topliss-reactive ketones (excluding diaryl/α,β-unsaturated/α-hetero) is 1. The highest BCUT2D eigenvalue weighted by molar-refractivity contribution is 7.98. The molecule has 6 heteroatoms. The van der Waals surface area contributed by atoms with Crippen molar-refractivity contribution >= 4 is 23.3 Å². The lowest BCUT2D eigenvalue weighted by Gasteiger charge is -2.11. The zero-order valence-electron chi connectivity index (χ0n) is 17.1. The first-order valence-corrected chi connectivity index (χ1v) is 10.2. The predicted octanol–water partition coefficient (Wildman–Crippen LogP) is 5.25. The Morgan fingerprint density at radius 1 is 1.18 bits per heavy atom. The SMILES string of the molecule is CCCC(=N)c1ccc(SC)c(OC)c1.COC(C(C)=O)c1ccc(O)cc1. The van der Waals surface area contributed by atoms with Gasteiger partial charge in [0.05, 0.1) is 7.11 Å². The smallest absolute Gasteiger partial charge is 0.163 e. The topological polar surface area (TPSA) is 79.6 Å². The van der Waals surface area contributed by atoms with E-state index in [-0.39, 0.29) is 11.5 Å². The number of carbonyl (C=O) groups is 1. The second-order valence-electron chi connectivity index (χ2n) is 6.12. The van der Waals surface area contributed by atoms with E-state index < -0.39 is 6.10 Å². The van der Waals surface area contributed by atoms with E-state index in [0.29, 0.717) is 5.71 Å². The third-order valence-corrected chi connectivity index (χ3v) is 4.81. The molecule has 0 radical (unpaired) electrons. The summed E-state index contributed by atoms with van der Waals surface area (Å²) in [5.41, 5.74) is 2.41. The Balaban J connectivity index is 0.000000283. The van der Waals surface area contributed by atoms with Crippen molar-refractivity contribution in [1.82, 2.24) is 0 Å². The van der Waals surface area contributed by atoms with Gasteiger partial charge in [-0.05, 0) is 55.0 Å². The van der Waals surface area contributed by atoms with Crippen LogP contribution in [0, 0.1) is 5.41 Å². The van der Waals surface area contributed by atoms with E-state index >= 15 is 0 Å². The average Bonchev–Trinajstić information content (AvgIpc) is 2.69. The molecule has 2 aromatic rings. The number of benzene rings is 2. The molecule has 0 aliphatic rings. The number of ketones is 1. The lowest BCUT2D eigenvalue weighted by atomic mass is 10.1. The molecule has 1 atom stereocenters. The highest BCUT2D eigenvalue weighted by Gasteiger charge is 2.14. The molecule has 2 aromatic carbocycles. The van der Waals surface area contributed by atoms with Gasteiger partial charge >= 0.3 is 0 Å². The zero-order chi connectivity index (χ0) is 21.1. The number of aromatic hydroxyl groups is 1. The van der Waals surface area contributed by atoms with Crippen LogP contribution in [0.1, 0.15) is 43.9 Å². The van der Waals surface area contributed by atoms with E-state index in [0.717, 1.165) is 34.6 Å². The largest absolute Gasteiger partial charge is 0.508 e. The van der Waals surface area contributed by atoms with Crippen molar-refractivity contribution in [3.8, 4) is 11.5 Å². The molecule has 0 heterocycles. The molecular formula is C22H29NO4S. The molecule has 0 spiro atoms. The second kappa shape index (κ2) is 12.2. The molecular weight excluding hydrogens is 374 g/mol. The van der Waals surface area contributed by atoms with Crippen LogP contribution in [-0.2, 0) is 9.53 Å². The summed E-state index contributed by atoms with van der Waals surface area (Å²) in [5, 5.41) is 16.9. The Bertz CT molecular complexity index is 775. The number of hydrogen-bond acceptors (Lipinski definition) is 6. The number of hydrogen-bond donors (Lipinski definition) is 2. The third kappa shape index (κ3) is 7.02. The van der Waals surface area contributed by atoms with Gasteiger partial charge in [0, 0.05) is 17.7 Å². The maximum absolute atomic E-state index is 11.1. The molecule has 2 rings (SSSR count). The molecule has 0 saturated heterocycles. The van der Waals surface area contributed by atoms with Crippen molar-refractivity contribution in [3.63, 3.8) is 0 Å². The van der Waals surface area contributed by atoms with Crippen LogP contribution >= 0.6 is 11.8 Å². The van der Waals surface area contributed by atoms with Crippen molar-refractivity contribution < 1.29 is 19.4 Å². The van der Waals surface area contributed by atoms with Crippen LogP contribution in [0.15, 0.2) is 47.4 Å². The van der Waals surface area contributed by atoms with Gasteiger partial charge in [-0.25, -0.2) is 0 Å². The molecule has 2 N–H and O–H groups in total. The number of methoxy groups -OCH3 is 2. The Kier molecular flexibility index (Phi) is 10.3. The number of phenolic OH excluding ortho intramolecular Hbond substituents is 1. The first kappa shape index (κ1) is 23.7. The lowest BCUT2D eigenvalue weighted by molar-refractivity contribution is -0.126. The van der Waals surface area contributed by atoms with Gasteiger partial charge in [0.15, 0.2) is 5.78 Å². The Labute approximate surface area is 171 Å². The monoisotopic (exact) mass is 403 g/mol. The Morgan fingerprint density at radius 3 is 2.29 bits per heavy atom. The van der Waals surface area contributed by atoms with E-state index in [1.54, 1.807) is 31.0 Å². The van der Waals surface area contributed by atoms with Gasteiger partial charge in [-0.3, -0.25) is 4.79 Å². The van der Waals surface area contributed by atoms with Crippen LogP contribution in [-0.4, -0.2) is 37.1 Å². The minimum atomic E-state index is -0.527. The molecule has 28 heavy (non-hydrogen) atoms. The van der Waals surface area contributed by atoms with Gasteiger partial charge < -0.3 is 20.0 Å². The van der Waals surface area contributed by atoms with E-state index in [4.69, 9.17) is 20.0 Å². The van der Waals surface area contributed by atoms with Crippen molar-refractivity contribution in [3.05, 3.63) is 53.6 Å². The van der Waals surface area contributed by atoms with E-state index in [1.807, 2.05) is 24.5 Å². The maximum atomic E-state index is 11.1. The summed E-state index contributed by atoms with van der Waals surface area (Å²) in [7, 11) is 3.15. The molecule has 5 nitrogen and oxygen atoms in total.